The van der Waals surface area contributed by atoms with E-state index in [1.807, 2.05) is 59.2 Å². The molecule has 1 N–H and O–H groups in total. The van der Waals surface area contributed by atoms with Gasteiger partial charge in [0.05, 0.1) is 12.9 Å². The van der Waals surface area contributed by atoms with Crippen molar-refractivity contribution in [2.45, 2.75) is 12.6 Å². The van der Waals surface area contributed by atoms with Crippen LogP contribution in [0.4, 0.5) is 0 Å². The second-order valence-corrected chi connectivity index (χ2v) is 5.11. The molecule has 118 valence electrons. The van der Waals surface area contributed by atoms with Crippen molar-refractivity contribution in [2.24, 2.45) is 0 Å². The van der Waals surface area contributed by atoms with Gasteiger partial charge < -0.3 is 19.1 Å². The molecule has 5 nitrogen and oxygen atoms in total. The van der Waals surface area contributed by atoms with Crippen molar-refractivity contribution in [3.63, 3.8) is 0 Å². The van der Waals surface area contributed by atoms with E-state index in [1.165, 1.54) is 0 Å². The first-order chi connectivity index (χ1) is 11.3. The smallest absolute Gasteiger partial charge is 0.127 e. The van der Waals surface area contributed by atoms with Crippen molar-refractivity contribution in [3.05, 3.63) is 73.3 Å². The van der Waals surface area contributed by atoms with Crippen molar-refractivity contribution in [3.8, 4) is 17.2 Å². The van der Waals surface area contributed by atoms with E-state index in [-0.39, 0.29) is 6.61 Å². The van der Waals surface area contributed by atoms with Crippen LogP contribution >= 0.6 is 0 Å². The van der Waals surface area contributed by atoms with Gasteiger partial charge in [0, 0.05) is 12.4 Å². The van der Waals surface area contributed by atoms with E-state index in [1.54, 1.807) is 18.7 Å². The Labute approximate surface area is 134 Å². The Hall–Kier alpha value is -2.79. The molecule has 0 aliphatic heterocycles. The summed E-state index contributed by atoms with van der Waals surface area (Å²) in [6.07, 6.45) is 4.56. The molecule has 0 saturated heterocycles. The number of rotatable bonds is 7. The van der Waals surface area contributed by atoms with Crippen molar-refractivity contribution in [2.75, 3.05) is 6.61 Å². The number of hydrogen-bond acceptors (Lipinski definition) is 4. The summed E-state index contributed by atoms with van der Waals surface area (Å²) in [6.45, 7) is 0.673. The summed E-state index contributed by atoms with van der Waals surface area (Å²) in [5, 5.41) is 9.93. The monoisotopic (exact) mass is 310 g/mol. The molecule has 1 unspecified atom stereocenters. The highest BCUT2D eigenvalue weighted by Crippen LogP contribution is 2.23. The Morgan fingerprint density at radius 1 is 0.957 bits per heavy atom. The second kappa shape index (κ2) is 7.47. The van der Waals surface area contributed by atoms with Crippen molar-refractivity contribution < 1.29 is 14.6 Å². The summed E-state index contributed by atoms with van der Waals surface area (Å²) >= 11 is 0. The maximum Gasteiger partial charge on any atom is 0.127 e. The number of aromatic nitrogens is 2. The van der Waals surface area contributed by atoms with Crippen LogP contribution < -0.4 is 9.47 Å². The molecule has 0 aliphatic carbocycles. The largest absolute Gasteiger partial charge is 0.491 e. The Morgan fingerprint density at radius 2 is 1.65 bits per heavy atom. The zero-order valence-electron chi connectivity index (χ0n) is 12.6. The fourth-order valence-corrected chi connectivity index (χ4v) is 2.11. The molecular formula is C18H18N2O3. The molecule has 0 radical (unpaired) electrons. The van der Waals surface area contributed by atoms with Gasteiger partial charge >= 0.3 is 0 Å². The number of aliphatic hydroxyl groups excluding tert-OH is 1. The van der Waals surface area contributed by atoms with E-state index in [2.05, 4.69) is 4.98 Å². The molecule has 1 heterocycles. The van der Waals surface area contributed by atoms with Crippen LogP contribution in [0, 0.1) is 0 Å². The van der Waals surface area contributed by atoms with Gasteiger partial charge in [-0.25, -0.2) is 4.98 Å². The quantitative estimate of drug-likeness (QED) is 0.728. The standard InChI is InChI=1S/C18H18N2O3/c21-15(12-20-11-10-19-14-20)13-22-16-6-8-18(9-7-16)23-17-4-2-1-3-5-17/h1-11,14-15,21H,12-13H2. The van der Waals surface area contributed by atoms with Gasteiger partial charge in [-0.2, -0.15) is 0 Å². The summed E-state index contributed by atoms with van der Waals surface area (Å²) in [6, 6.07) is 16.9. The average Bonchev–Trinajstić information content (AvgIpc) is 3.08. The minimum Gasteiger partial charge on any atom is -0.491 e. The third-order valence-electron chi connectivity index (χ3n) is 3.23. The van der Waals surface area contributed by atoms with Crippen LogP contribution in [0.3, 0.4) is 0 Å². The van der Waals surface area contributed by atoms with Crippen LogP contribution in [-0.4, -0.2) is 27.4 Å². The average molecular weight is 310 g/mol. The van der Waals surface area contributed by atoms with Gasteiger partial charge in [-0.3, -0.25) is 0 Å². The molecule has 23 heavy (non-hydrogen) atoms. The fourth-order valence-electron chi connectivity index (χ4n) is 2.11. The van der Waals surface area contributed by atoms with Gasteiger partial charge in [-0.15, -0.1) is 0 Å². The summed E-state index contributed by atoms with van der Waals surface area (Å²) < 4.78 is 13.1. The molecule has 0 fully saturated rings. The molecule has 0 bridgehead atoms. The number of nitrogens with zero attached hydrogens (tertiary/aromatic N) is 2. The highest BCUT2D eigenvalue weighted by Gasteiger charge is 2.06. The third kappa shape index (κ3) is 4.59. The van der Waals surface area contributed by atoms with Gasteiger partial charge in [0.1, 0.15) is 30.0 Å². The maximum atomic E-state index is 9.93. The lowest BCUT2D eigenvalue weighted by Crippen LogP contribution is -2.22. The molecule has 3 rings (SSSR count). The van der Waals surface area contributed by atoms with Crippen LogP contribution in [0.1, 0.15) is 0 Å². The first kappa shape index (κ1) is 15.1. The number of ether oxygens (including phenoxy) is 2. The molecule has 2 aromatic carbocycles. The molecule has 5 heteroatoms. The number of para-hydroxylation sites is 1. The van der Waals surface area contributed by atoms with Gasteiger partial charge in [0.15, 0.2) is 0 Å². The Balaban J connectivity index is 1.49. The van der Waals surface area contributed by atoms with E-state index in [4.69, 9.17) is 9.47 Å². The van der Waals surface area contributed by atoms with Crippen LogP contribution in [0.25, 0.3) is 0 Å². The van der Waals surface area contributed by atoms with Crippen molar-refractivity contribution in [1.82, 2.24) is 9.55 Å². The van der Waals surface area contributed by atoms with Gasteiger partial charge in [-0.1, -0.05) is 18.2 Å². The SMILES string of the molecule is OC(COc1ccc(Oc2ccccc2)cc1)Cn1ccnc1. The second-order valence-electron chi connectivity index (χ2n) is 5.11. The minimum atomic E-state index is -0.593. The van der Waals surface area contributed by atoms with Crippen LogP contribution in [-0.2, 0) is 6.54 Å². The molecule has 1 aromatic heterocycles. The van der Waals surface area contributed by atoms with E-state index >= 15 is 0 Å². The van der Waals surface area contributed by atoms with E-state index < -0.39 is 6.10 Å². The number of hydrogen-bond donors (Lipinski definition) is 1. The summed E-state index contributed by atoms with van der Waals surface area (Å²) in [5.41, 5.74) is 0. The highest BCUT2D eigenvalue weighted by molar-refractivity contribution is 5.35. The lowest BCUT2D eigenvalue weighted by molar-refractivity contribution is 0.0924. The highest BCUT2D eigenvalue weighted by atomic mass is 16.5. The van der Waals surface area contributed by atoms with Crippen molar-refractivity contribution >= 4 is 0 Å². The zero-order valence-corrected chi connectivity index (χ0v) is 12.6. The fraction of sp³-hybridized carbons (Fsp3) is 0.167. The topological polar surface area (TPSA) is 56.5 Å². The lowest BCUT2D eigenvalue weighted by atomic mass is 10.3. The molecule has 0 spiro atoms. The molecular weight excluding hydrogens is 292 g/mol. The molecule has 0 saturated carbocycles. The maximum absolute atomic E-state index is 9.93. The molecule has 1 atom stereocenters. The Bertz CT molecular complexity index is 697. The van der Waals surface area contributed by atoms with Gasteiger partial charge in [0.2, 0.25) is 0 Å². The first-order valence-electron chi connectivity index (χ1n) is 7.39. The van der Waals surface area contributed by atoms with E-state index in [9.17, 15) is 5.11 Å². The number of aliphatic hydroxyl groups is 1. The predicted octanol–water partition coefficient (Wildman–Crippen LogP) is 3.12. The van der Waals surface area contributed by atoms with Crippen LogP contribution in [0.2, 0.25) is 0 Å². The van der Waals surface area contributed by atoms with Crippen LogP contribution in [0.15, 0.2) is 73.3 Å². The van der Waals surface area contributed by atoms with Crippen LogP contribution in [0.5, 0.6) is 17.2 Å². The molecule has 0 aliphatic rings. The zero-order chi connectivity index (χ0) is 15.9. The van der Waals surface area contributed by atoms with Gasteiger partial charge in [0.25, 0.3) is 0 Å². The van der Waals surface area contributed by atoms with Gasteiger partial charge in [-0.05, 0) is 36.4 Å². The van der Waals surface area contributed by atoms with E-state index in [0.29, 0.717) is 12.3 Å². The molecule has 0 amide bonds. The predicted molar refractivity (Wildman–Crippen MR) is 86.7 cm³/mol. The lowest BCUT2D eigenvalue weighted by Gasteiger charge is -2.13. The first-order valence-corrected chi connectivity index (χ1v) is 7.39. The summed E-state index contributed by atoms with van der Waals surface area (Å²) in [4.78, 5) is 3.93. The minimum absolute atomic E-state index is 0.219. The third-order valence-corrected chi connectivity index (χ3v) is 3.23. The Morgan fingerprint density at radius 3 is 2.35 bits per heavy atom. The summed E-state index contributed by atoms with van der Waals surface area (Å²) in [5.74, 6) is 2.22. The molecule has 3 aromatic rings. The normalized spacial score (nSPS) is 11.9. The van der Waals surface area contributed by atoms with Crippen molar-refractivity contribution in [1.29, 1.82) is 0 Å². The number of benzene rings is 2. The summed E-state index contributed by atoms with van der Waals surface area (Å²) in [7, 11) is 0. The number of imidazole rings is 1. The Kier molecular flexibility index (Phi) is 4.91. The van der Waals surface area contributed by atoms with E-state index in [0.717, 1.165) is 11.5 Å².